The first-order chi connectivity index (χ1) is 15.3. The van der Waals surface area contributed by atoms with Crippen molar-refractivity contribution < 1.29 is 9.53 Å². The first-order valence-corrected chi connectivity index (χ1v) is 11.5. The highest BCUT2D eigenvalue weighted by molar-refractivity contribution is 5.99. The number of benzene rings is 2. The highest BCUT2D eigenvalue weighted by atomic mass is 16.5. The van der Waals surface area contributed by atoms with Crippen molar-refractivity contribution in [1.82, 2.24) is 9.97 Å². The fraction of sp³-hybridized carbons (Fsp3) is 0.440. The summed E-state index contributed by atoms with van der Waals surface area (Å²) in [4.78, 5) is 23.5. The zero-order valence-electron chi connectivity index (χ0n) is 17.9. The van der Waals surface area contributed by atoms with Gasteiger partial charge in [-0.25, -0.2) is 4.98 Å². The molecule has 1 aromatic heterocycles. The number of carbonyl (C=O) groups is 1. The molecule has 2 aromatic carbocycles. The van der Waals surface area contributed by atoms with Crippen LogP contribution in [0, 0.1) is 0 Å². The maximum atomic E-state index is 12.7. The maximum Gasteiger partial charge on any atom is 0.262 e. The van der Waals surface area contributed by atoms with Gasteiger partial charge in [-0.2, -0.15) is 0 Å². The first kappa shape index (κ1) is 19.9. The second kappa shape index (κ2) is 9.00. The molecule has 5 rings (SSSR count). The summed E-state index contributed by atoms with van der Waals surface area (Å²) in [7, 11) is 0. The Kier molecular flexibility index (Phi) is 5.78. The Bertz CT molecular complexity index is 1030. The Morgan fingerprint density at radius 2 is 1.84 bits per heavy atom. The van der Waals surface area contributed by atoms with Crippen molar-refractivity contribution in [2.45, 2.75) is 50.9 Å². The number of anilines is 2. The van der Waals surface area contributed by atoms with Crippen LogP contribution in [-0.4, -0.2) is 35.6 Å². The minimum atomic E-state index is -0.157. The van der Waals surface area contributed by atoms with E-state index >= 15 is 0 Å². The predicted octanol–water partition coefficient (Wildman–Crippen LogP) is 5.23. The second-order valence-corrected chi connectivity index (χ2v) is 8.69. The second-order valence-electron chi connectivity index (χ2n) is 8.69. The molecular formula is C25H30N4O2. The molecule has 2 fully saturated rings. The summed E-state index contributed by atoms with van der Waals surface area (Å²) in [6.07, 6.45) is 8.66. The number of aromatic nitrogens is 2. The zero-order valence-corrected chi connectivity index (χ0v) is 17.9. The molecule has 31 heavy (non-hydrogen) atoms. The Morgan fingerprint density at radius 3 is 2.61 bits per heavy atom. The Labute approximate surface area is 183 Å². The van der Waals surface area contributed by atoms with E-state index in [1.54, 1.807) is 0 Å². The number of imidazole rings is 1. The molecule has 6 heteroatoms. The quantitative estimate of drug-likeness (QED) is 0.575. The largest absolute Gasteiger partial charge is 0.484 e. The molecule has 0 bridgehead atoms. The van der Waals surface area contributed by atoms with E-state index in [0.29, 0.717) is 11.7 Å². The van der Waals surface area contributed by atoms with Crippen LogP contribution in [-0.2, 0) is 4.79 Å². The van der Waals surface area contributed by atoms with Gasteiger partial charge in [-0.15, -0.1) is 0 Å². The van der Waals surface area contributed by atoms with Crippen LogP contribution in [0.15, 0.2) is 42.5 Å². The number of nitrogens with zero attached hydrogens (tertiary/aromatic N) is 2. The summed E-state index contributed by atoms with van der Waals surface area (Å²) >= 11 is 0. The number of hydrogen-bond donors (Lipinski definition) is 2. The summed E-state index contributed by atoms with van der Waals surface area (Å²) < 4.78 is 5.63. The lowest BCUT2D eigenvalue weighted by Gasteiger charge is -2.21. The van der Waals surface area contributed by atoms with Gasteiger partial charge in [0.15, 0.2) is 6.61 Å². The molecule has 6 nitrogen and oxygen atoms in total. The van der Waals surface area contributed by atoms with E-state index in [1.165, 1.54) is 44.9 Å². The van der Waals surface area contributed by atoms with Crippen LogP contribution in [0.25, 0.3) is 11.0 Å². The number of para-hydroxylation sites is 1. The number of nitrogens with one attached hydrogen (secondary N) is 2. The summed E-state index contributed by atoms with van der Waals surface area (Å²) in [6, 6.07) is 13.6. The number of hydrogen-bond acceptors (Lipinski definition) is 4. The van der Waals surface area contributed by atoms with Crippen molar-refractivity contribution in [3.05, 3.63) is 48.3 Å². The average molecular weight is 419 g/mol. The number of rotatable bonds is 6. The van der Waals surface area contributed by atoms with Crippen molar-refractivity contribution in [3.63, 3.8) is 0 Å². The monoisotopic (exact) mass is 418 g/mol. The van der Waals surface area contributed by atoms with Gasteiger partial charge in [-0.05, 0) is 49.9 Å². The SMILES string of the molecule is O=C(COc1ccccc1)Nc1cc2[nH]c(C3CCCCC3)nc2cc1N1CCCC1. The number of aromatic amines is 1. The minimum absolute atomic E-state index is 0.0161. The smallest absolute Gasteiger partial charge is 0.262 e. The third-order valence-corrected chi connectivity index (χ3v) is 6.44. The van der Waals surface area contributed by atoms with Crippen molar-refractivity contribution in [2.75, 3.05) is 29.9 Å². The first-order valence-electron chi connectivity index (χ1n) is 11.5. The van der Waals surface area contributed by atoms with Gasteiger partial charge in [0, 0.05) is 19.0 Å². The highest BCUT2D eigenvalue weighted by Gasteiger charge is 2.22. The molecule has 2 aliphatic rings. The molecule has 0 unspecified atom stereocenters. The van der Waals surface area contributed by atoms with Gasteiger partial charge in [0.1, 0.15) is 11.6 Å². The van der Waals surface area contributed by atoms with E-state index in [1.807, 2.05) is 36.4 Å². The van der Waals surface area contributed by atoms with Crippen LogP contribution in [0.4, 0.5) is 11.4 Å². The Morgan fingerprint density at radius 1 is 1.06 bits per heavy atom. The summed E-state index contributed by atoms with van der Waals surface area (Å²) in [5.74, 6) is 2.15. The zero-order chi connectivity index (χ0) is 21.0. The van der Waals surface area contributed by atoms with E-state index in [4.69, 9.17) is 9.72 Å². The van der Waals surface area contributed by atoms with Crippen molar-refractivity contribution in [1.29, 1.82) is 0 Å². The normalized spacial score (nSPS) is 17.2. The number of ether oxygens (including phenoxy) is 1. The topological polar surface area (TPSA) is 70.2 Å². The Hall–Kier alpha value is -3.02. The third kappa shape index (κ3) is 4.53. The molecule has 2 N–H and O–H groups in total. The van der Waals surface area contributed by atoms with Crippen molar-refractivity contribution >= 4 is 28.3 Å². The molecule has 1 aliphatic carbocycles. The molecule has 1 aliphatic heterocycles. The molecule has 0 atom stereocenters. The average Bonchev–Trinajstić information content (AvgIpc) is 3.48. The van der Waals surface area contributed by atoms with Gasteiger partial charge in [-0.3, -0.25) is 4.79 Å². The van der Waals surface area contributed by atoms with Crippen LogP contribution in [0.2, 0.25) is 0 Å². The number of carbonyl (C=O) groups excluding carboxylic acids is 1. The van der Waals surface area contributed by atoms with Crippen LogP contribution < -0.4 is 15.0 Å². The fourth-order valence-electron chi connectivity index (χ4n) is 4.81. The van der Waals surface area contributed by atoms with Gasteiger partial charge >= 0.3 is 0 Å². The third-order valence-electron chi connectivity index (χ3n) is 6.44. The number of amides is 1. The molecule has 2 heterocycles. The van der Waals surface area contributed by atoms with Crippen molar-refractivity contribution in [3.8, 4) is 5.75 Å². The maximum absolute atomic E-state index is 12.7. The van der Waals surface area contributed by atoms with E-state index in [9.17, 15) is 4.79 Å². The molecule has 3 aromatic rings. The predicted molar refractivity (Wildman–Crippen MR) is 124 cm³/mol. The molecule has 1 saturated carbocycles. The molecular weight excluding hydrogens is 388 g/mol. The van der Waals surface area contributed by atoms with E-state index in [-0.39, 0.29) is 12.5 Å². The standard InChI is InChI=1S/C25H30N4O2/c30-24(17-31-19-11-5-2-6-12-19)26-22-15-20-21(16-23(22)29-13-7-8-14-29)28-25(27-20)18-9-3-1-4-10-18/h2,5-6,11-12,15-16,18H,1,3-4,7-10,13-14,17H2,(H,26,30)(H,27,28). The van der Waals surface area contributed by atoms with Gasteiger partial charge < -0.3 is 19.9 Å². The van der Waals surface area contributed by atoms with Gasteiger partial charge in [0.05, 0.1) is 22.4 Å². The van der Waals surface area contributed by atoms with Gasteiger partial charge in [0.2, 0.25) is 0 Å². The van der Waals surface area contributed by atoms with E-state index < -0.39 is 0 Å². The van der Waals surface area contributed by atoms with Crippen LogP contribution in [0.3, 0.4) is 0 Å². The fourth-order valence-corrected chi connectivity index (χ4v) is 4.81. The number of fused-ring (bicyclic) bond motifs is 1. The number of H-pyrrole nitrogens is 1. The lowest BCUT2D eigenvalue weighted by atomic mass is 9.89. The minimum Gasteiger partial charge on any atom is -0.484 e. The van der Waals surface area contributed by atoms with Crippen LogP contribution in [0.5, 0.6) is 5.75 Å². The molecule has 1 saturated heterocycles. The van der Waals surface area contributed by atoms with Crippen molar-refractivity contribution in [2.24, 2.45) is 0 Å². The highest BCUT2D eigenvalue weighted by Crippen LogP contribution is 2.36. The summed E-state index contributed by atoms with van der Waals surface area (Å²) in [6.45, 7) is 2.00. The summed E-state index contributed by atoms with van der Waals surface area (Å²) in [5, 5.41) is 3.09. The molecule has 162 valence electrons. The van der Waals surface area contributed by atoms with Gasteiger partial charge in [0.25, 0.3) is 5.91 Å². The van der Waals surface area contributed by atoms with Crippen LogP contribution in [0.1, 0.15) is 56.7 Å². The lowest BCUT2D eigenvalue weighted by Crippen LogP contribution is -2.24. The van der Waals surface area contributed by atoms with E-state index in [2.05, 4.69) is 21.3 Å². The van der Waals surface area contributed by atoms with Crippen LogP contribution >= 0.6 is 0 Å². The Balaban J connectivity index is 1.39. The van der Waals surface area contributed by atoms with Gasteiger partial charge in [-0.1, -0.05) is 37.5 Å². The van der Waals surface area contributed by atoms with E-state index in [0.717, 1.165) is 41.3 Å². The summed E-state index contributed by atoms with van der Waals surface area (Å²) in [5.41, 5.74) is 3.86. The molecule has 1 amide bonds. The lowest BCUT2D eigenvalue weighted by molar-refractivity contribution is -0.118. The molecule has 0 radical (unpaired) electrons. The molecule has 0 spiro atoms.